The molecule has 2 aromatic carbocycles. The fourth-order valence-electron chi connectivity index (χ4n) is 2.54. The van der Waals surface area contributed by atoms with Gasteiger partial charge in [-0.2, -0.15) is 0 Å². The average molecular weight is 342 g/mol. The predicted molar refractivity (Wildman–Crippen MR) is 88.0 cm³/mol. The third-order valence-electron chi connectivity index (χ3n) is 3.87. The highest BCUT2D eigenvalue weighted by Gasteiger charge is 2.30. The molecule has 0 fully saturated rings. The van der Waals surface area contributed by atoms with Gasteiger partial charge in [0.25, 0.3) is 0 Å². The van der Waals surface area contributed by atoms with Gasteiger partial charge in [-0.1, -0.05) is 36.4 Å². The number of carbonyl (C=O) groups excluding carboxylic acids is 2. The van der Waals surface area contributed by atoms with Crippen molar-refractivity contribution in [3.05, 3.63) is 59.7 Å². The zero-order chi connectivity index (χ0) is 17.6. The predicted octanol–water partition coefficient (Wildman–Crippen LogP) is 2.49. The van der Waals surface area contributed by atoms with Gasteiger partial charge in [-0.05, 0) is 29.7 Å². The van der Waals surface area contributed by atoms with Gasteiger partial charge in [-0.15, -0.1) is 0 Å². The number of benzene rings is 2. The molecule has 0 saturated heterocycles. The summed E-state index contributed by atoms with van der Waals surface area (Å²) >= 11 is 0. The zero-order valence-corrected chi connectivity index (χ0v) is 13.8. The second kappa shape index (κ2) is 7.70. The molecule has 6 heteroatoms. The van der Waals surface area contributed by atoms with E-state index in [4.69, 9.17) is 18.9 Å². The smallest absolute Gasteiger partial charge is 0.321 e. The molecule has 130 valence electrons. The van der Waals surface area contributed by atoms with E-state index >= 15 is 0 Å². The van der Waals surface area contributed by atoms with Crippen LogP contribution in [0.2, 0.25) is 0 Å². The molecular weight excluding hydrogens is 324 g/mol. The van der Waals surface area contributed by atoms with Crippen molar-refractivity contribution in [2.45, 2.75) is 13.0 Å². The molecule has 0 saturated carbocycles. The van der Waals surface area contributed by atoms with Crippen molar-refractivity contribution in [1.29, 1.82) is 0 Å². The summed E-state index contributed by atoms with van der Waals surface area (Å²) in [6, 6.07) is 14.6. The lowest BCUT2D eigenvalue weighted by molar-refractivity contribution is -0.161. The largest absolute Gasteiger partial charge is 0.468 e. The van der Waals surface area contributed by atoms with Crippen LogP contribution in [-0.2, 0) is 32.1 Å². The van der Waals surface area contributed by atoms with Crippen molar-refractivity contribution in [3.8, 4) is 11.5 Å². The molecule has 0 spiro atoms. The Balaban J connectivity index is 1.68. The minimum atomic E-state index is -1.03. The topological polar surface area (TPSA) is 71.1 Å². The summed E-state index contributed by atoms with van der Waals surface area (Å²) in [5.74, 6) is -1.04. The van der Waals surface area contributed by atoms with Crippen molar-refractivity contribution in [3.63, 3.8) is 0 Å². The number of carbonyl (C=O) groups is 2. The molecule has 1 unspecified atom stereocenters. The van der Waals surface area contributed by atoms with E-state index in [0.717, 1.165) is 11.1 Å². The van der Waals surface area contributed by atoms with Crippen LogP contribution in [0.1, 0.15) is 11.1 Å². The van der Waals surface area contributed by atoms with Crippen LogP contribution in [0.3, 0.4) is 0 Å². The Morgan fingerprint density at radius 1 is 1.00 bits per heavy atom. The Morgan fingerprint density at radius 2 is 1.76 bits per heavy atom. The number of hydrogen-bond donors (Lipinski definition) is 0. The van der Waals surface area contributed by atoms with Gasteiger partial charge in [0.2, 0.25) is 6.79 Å². The molecule has 3 rings (SSSR count). The molecule has 6 nitrogen and oxygen atoms in total. The van der Waals surface area contributed by atoms with E-state index in [2.05, 4.69) is 0 Å². The van der Waals surface area contributed by atoms with E-state index in [0.29, 0.717) is 11.5 Å². The van der Waals surface area contributed by atoms with Crippen LogP contribution < -0.4 is 9.47 Å². The monoisotopic (exact) mass is 342 g/mol. The first-order chi connectivity index (χ1) is 12.2. The zero-order valence-electron chi connectivity index (χ0n) is 13.8. The Hall–Kier alpha value is -3.02. The van der Waals surface area contributed by atoms with Crippen molar-refractivity contribution in [2.24, 2.45) is 5.92 Å². The number of esters is 2. The molecule has 0 N–H and O–H groups in total. The summed E-state index contributed by atoms with van der Waals surface area (Å²) in [5, 5.41) is 0. The van der Waals surface area contributed by atoms with Crippen molar-refractivity contribution >= 4 is 11.9 Å². The van der Waals surface area contributed by atoms with E-state index in [1.165, 1.54) is 7.11 Å². The molecular formula is C19H18O6. The molecule has 1 heterocycles. The van der Waals surface area contributed by atoms with E-state index in [9.17, 15) is 9.59 Å². The Labute approximate surface area is 145 Å². The van der Waals surface area contributed by atoms with Crippen molar-refractivity contribution in [2.75, 3.05) is 13.9 Å². The van der Waals surface area contributed by atoms with Gasteiger partial charge in [-0.3, -0.25) is 9.59 Å². The number of fused-ring (bicyclic) bond motifs is 1. The second-order valence-electron chi connectivity index (χ2n) is 5.56. The molecule has 0 aliphatic carbocycles. The minimum absolute atomic E-state index is 0.105. The van der Waals surface area contributed by atoms with Gasteiger partial charge in [0.15, 0.2) is 17.4 Å². The molecule has 0 bridgehead atoms. The number of methoxy groups -OCH3 is 1. The van der Waals surface area contributed by atoms with E-state index in [-0.39, 0.29) is 19.8 Å². The summed E-state index contributed by atoms with van der Waals surface area (Å²) in [5.41, 5.74) is 1.61. The average Bonchev–Trinajstić information content (AvgIpc) is 3.12. The summed E-state index contributed by atoms with van der Waals surface area (Å²) in [6.07, 6.45) is 0.164. The maximum Gasteiger partial charge on any atom is 0.321 e. The quantitative estimate of drug-likeness (QED) is 0.593. The highest BCUT2D eigenvalue weighted by Crippen LogP contribution is 2.33. The normalized spacial score (nSPS) is 13.2. The summed E-state index contributed by atoms with van der Waals surface area (Å²) < 4.78 is 20.6. The number of hydrogen-bond acceptors (Lipinski definition) is 6. The number of rotatable bonds is 6. The maximum atomic E-state index is 12.4. The molecule has 25 heavy (non-hydrogen) atoms. The van der Waals surface area contributed by atoms with Crippen LogP contribution in [-0.4, -0.2) is 25.8 Å². The molecule has 1 aliphatic heterocycles. The number of ether oxygens (including phenoxy) is 4. The molecule has 2 aromatic rings. The second-order valence-corrected chi connectivity index (χ2v) is 5.56. The maximum absolute atomic E-state index is 12.4. The summed E-state index contributed by atoms with van der Waals surface area (Å²) in [6.45, 7) is 0.270. The fourth-order valence-corrected chi connectivity index (χ4v) is 2.54. The molecule has 1 aliphatic rings. The Kier molecular flexibility index (Phi) is 5.18. The van der Waals surface area contributed by atoms with Crippen LogP contribution in [0.4, 0.5) is 0 Å². The van der Waals surface area contributed by atoms with Crippen LogP contribution in [0, 0.1) is 5.92 Å². The first kappa shape index (κ1) is 16.8. The lowest BCUT2D eigenvalue weighted by atomic mass is 9.99. The van der Waals surface area contributed by atoms with Gasteiger partial charge < -0.3 is 18.9 Å². The van der Waals surface area contributed by atoms with Gasteiger partial charge in [0, 0.05) is 0 Å². The van der Waals surface area contributed by atoms with Crippen LogP contribution >= 0.6 is 0 Å². The van der Waals surface area contributed by atoms with Gasteiger partial charge in [0.1, 0.15) is 6.61 Å². The van der Waals surface area contributed by atoms with Crippen LogP contribution in [0.15, 0.2) is 48.5 Å². The lowest BCUT2D eigenvalue weighted by Crippen LogP contribution is -2.29. The summed E-state index contributed by atoms with van der Waals surface area (Å²) in [4.78, 5) is 24.4. The highest BCUT2D eigenvalue weighted by molar-refractivity contribution is 5.95. The third-order valence-corrected chi connectivity index (χ3v) is 3.87. The third kappa shape index (κ3) is 4.09. The van der Waals surface area contributed by atoms with E-state index in [1.54, 1.807) is 18.2 Å². The van der Waals surface area contributed by atoms with Gasteiger partial charge in [-0.25, -0.2) is 0 Å². The van der Waals surface area contributed by atoms with Crippen LogP contribution in [0.5, 0.6) is 11.5 Å². The SMILES string of the molecule is COC(=O)C(Cc1ccc2c(c1)OCO2)C(=O)OCc1ccccc1. The molecule has 1 atom stereocenters. The minimum Gasteiger partial charge on any atom is -0.468 e. The highest BCUT2D eigenvalue weighted by atomic mass is 16.7. The van der Waals surface area contributed by atoms with E-state index < -0.39 is 17.9 Å². The standard InChI is InChI=1S/C19H18O6/c1-22-18(20)15(19(21)23-11-13-5-3-2-4-6-13)9-14-7-8-16-17(10-14)25-12-24-16/h2-8,10,15H,9,11-12H2,1H3. The Morgan fingerprint density at radius 3 is 2.52 bits per heavy atom. The van der Waals surface area contributed by atoms with Crippen molar-refractivity contribution < 1.29 is 28.5 Å². The Bertz CT molecular complexity index is 756. The fraction of sp³-hybridized carbons (Fsp3) is 0.263. The summed E-state index contributed by atoms with van der Waals surface area (Å²) in [7, 11) is 1.25. The van der Waals surface area contributed by atoms with Gasteiger partial charge in [0.05, 0.1) is 7.11 Å². The van der Waals surface area contributed by atoms with Crippen molar-refractivity contribution in [1.82, 2.24) is 0 Å². The molecule has 0 aromatic heterocycles. The first-order valence-corrected chi connectivity index (χ1v) is 7.84. The lowest BCUT2D eigenvalue weighted by Gasteiger charge is -2.14. The van der Waals surface area contributed by atoms with Gasteiger partial charge >= 0.3 is 11.9 Å². The molecule has 0 radical (unpaired) electrons. The molecule has 0 amide bonds. The van der Waals surface area contributed by atoms with Crippen LogP contribution in [0.25, 0.3) is 0 Å². The van der Waals surface area contributed by atoms with E-state index in [1.807, 2.05) is 30.3 Å². The first-order valence-electron chi connectivity index (χ1n) is 7.84.